The molecule has 10 aromatic rings. The highest BCUT2D eigenvalue weighted by Gasteiger charge is 2.52. The second kappa shape index (κ2) is 10.9. The molecule has 1 heteroatoms. The SMILES string of the molecule is c1ccc2c(c1)Oc1cccc3cc(-c4ccc(-c5ccc6c(c5)C5(c7ccccc7-6)c6ccccc6-c6c5ccc5ccccc65)c5ccccc45)cc-2c13. The summed E-state index contributed by atoms with van der Waals surface area (Å²) in [5.74, 6) is 1.82. The van der Waals surface area contributed by atoms with E-state index in [4.69, 9.17) is 4.74 Å². The van der Waals surface area contributed by atoms with Crippen LogP contribution in [0.25, 0.3) is 88.0 Å². The minimum atomic E-state index is -0.418. The molecule has 1 nitrogen and oxygen atoms in total. The normalized spacial score (nSPS) is 15.4. The Labute approximate surface area is 324 Å². The monoisotopic (exact) mass is 708 g/mol. The van der Waals surface area contributed by atoms with Crippen LogP contribution in [-0.4, -0.2) is 0 Å². The van der Waals surface area contributed by atoms with Crippen LogP contribution >= 0.6 is 0 Å². The van der Waals surface area contributed by atoms with Crippen LogP contribution in [0.1, 0.15) is 22.3 Å². The Kier molecular flexibility index (Phi) is 5.89. The molecule has 13 rings (SSSR count). The van der Waals surface area contributed by atoms with Crippen LogP contribution < -0.4 is 4.74 Å². The topological polar surface area (TPSA) is 9.23 Å². The van der Waals surface area contributed by atoms with Gasteiger partial charge in [0.1, 0.15) is 11.5 Å². The van der Waals surface area contributed by atoms with Crippen LogP contribution in [0.2, 0.25) is 0 Å². The maximum Gasteiger partial charge on any atom is 0.135 e. The first kappa shape index (κ1) is 30.1. The molecule has 0 saturated carbocycles. The fourth-order valence-corrected chi connectivity index (χ4v) is 10.6. The van der Waals surface area contributed by atoms with E-state index in [-0.39, 0.29) is 0 Å². The van der Waals surface area contributed by atoms with Gasteiger partial charge < -0.3 is 4.74 Å². The molecule has 258 valence electrons. The fraction of sp³-hybridized carbons (Fsp3) is 0.0182. The third kappa shape index (κ3) is 3.79. The van der Waals surface area contributed by atoms with E-state index in [0.717, 1.165) is 17.1 Å². The Morgan fingerprint density at radius 3 is 1.75 bits per heavy atom. The van der Waals surface area contributed by atoms with Crippen molar-refractivity contribution in [3.63, 3.8) is 0 Å². The van der Waals surface area contributed by atoms with E-state index in [1.54, 1.807) is 0 Å². The second-order valence-electron chi connectivity index (χ2n) is 15.5. The minimum absolute atomic E-state index is 0.418. The molecule has 56 heavy (non-hydrogen) atoms. The van der Waals surface area contributed by atoms with Crippen LogP contribution in [0.5, 0.6) is 11.5 Å². The number of fused-ring (bicyclic) bond motifs is 15. The van der Waals surface area contributed by atoms with Crippen molar-refractivity contribution < 1.29 is 4.74 Å². The molecule has 0 bridgehead atoms. The Morgan fingerprint density at radius 1 is 0.304 bits per heavy atom. The quantitative estimate of drug-likeness (QED) is 0.174. The molecule has 3 aliphatic rings. The molecular weight excluding hydrogens is 677 g/mol. The van der Waals surface area contributed by atoms with E-state index in [1.165, 1.54) is 105 Å². The van der Waals surface area contributed by atoms with Gasteiger partial charge in [-0.3, -0.25) is 0 Å². The highest BCUT2D eigenvalue weighted by Crippen LogP contribution is 2.64. The summed E-state index contributed by atoms with van der Waals surface area (Å²) in [6, 6.07) is 72.1. The molecule has 1 aliphatic heterocycles. The van der Waals surface area contributed by atoms with Gasteiger partial charge >= 0.3 is 0 Å². The highest BCUT2D eigenvalue weighted by molar-refractivity contribution is 6.11. The lowest BCUT2D eigenvalue weighted by molar-refractivity contribution is 0.487. The van der Waals surface area contributed by atoms with Gasteiger partial charge in [-0.1, -0.05) is 164 Å². The van der Waals surface area contributed by atoms with E-state index in [0.29, 0.717) is 0 Å². The number of para-hydroxylation sites is 1. The first-order valence-electron chi connectivity index (χ1n) is 19.5. The molecule has 0 amide bonds. The summed E-state index contributed by atoms with van der Waals surface area (Å²) in [4.78, 5) is 0. The first-order valence-corrected chi connectivity index (χ1v) is 19.5. The number of benzene rings is 10. The lowest BCUT2D eigenvalue weighted by atomic mass is 9.70. The highest BCUT2D eigenvalue weighted by atomic mass is 16.5. The van der Waals surface area contributed by atoms with Gasteiger partial charge in [-0.15, -0.1) is 0 Å². The van der Waals surface area contributed by atoms with Gasteiger partial charge in [0.2, 0.25) is 0 Å². The molecule has 0 saturated heterocycles. The van der Waals surface area contributed by atoms with Gasteiger partial charge in [0.25, 0.3) is 0 Å². The summed E-state index contributed by atoms with van der Waals surface area (Å²) in [6.07, 6.45) is 0. The van der Waals surface area contributed by atoms with Crippen molar-refractivity contribution in [1.29, 1.82) is 0 Å². The van der Waals surface area contributed by atoms with Crippen LogP contribution in [0.3, 0.4) is 0 Å². The fourth-order valence-electron chi connectivity index (χ4n) is 10.6. The van der Waals surface area contributed by atoms with Crippen LogP contribution in [0.4, 0.5) is 0 Å². The van der Waals surface area contributed by atoms with Gasteiger partial charge in [-0.25, -0.2) is 0 Å². The summed E-state index contributed by atoms with van der Waals surface area (Å²) in [7, 11) is 0. The largest absolute Gasteiger partial charge is 0.456 e. The molecule has 0 aromatic heterocycles. The molecule has 0 radical (unpaired) electrons. The zero-order chi connectivity index (χ0) is 36.5. The standard InChI is InChI=1S/C55H32O/c1-2-14-39-33(12-1)25-29-49-54(39)45-19-6-9-21-48(45)55(49)47-20-8-5-17-42(47)43-26-24-34(32-50(43)55)37-27-28-38(41-16-4-3-15-40(37)41)36-30-35-13-11-23-52-53(35)46(31-36)44-18-7-10-22-51(44)56-52/h1-32H. The molecule has 1 heterocycles. The van der Waals surface area contributed by atoms with Crippen LogP contribution in [0, 0.1) is 0 Å². The molecule has 2 aliphatic carbocycles. The predicted molar refractivity (Wildman–Crippen MR) is 232 cm³/mol. The lowest BCUT2D eigenvalue weighted by Gasteiger charge is -2.31. The first-order chi connectivity index (χ1) is 27.8. The third-order valence-corrected chi connectivity index (χ3v) is 12.9. The van der Waals surface area contributed by atoms with Crippen molar-refractivity contribution >= 4 is 32.3 Å². The van der Waals surface area contributed by atoms with E-state index in [2.05, 4.69) is 188 Å². The average Bonchev–Trinajstić information content (AvgIpc) is 3.73. The zero-order valence-electron chi connectivity index (χ0n) is 30.4. The van der Waals surface area contributed by atoms with Crippen LogP contribution in [-0.2, 0) is 5.41 Å². The second-order valence-corrected chi connectivity index (χ2v) is 15.5. The van der Waals surface area contributed by atoms with E-state index in [1.807, 2.05) is 6.07 Å². The summed E-state index contributed by atoms with van der Waals surface area (Å²) < 4.78 is 6.37. The molecule has 1 spiro atoms. The van der Waals surface area contributed by atoms with Crippen molar-refractivity contribution in [3.8, 4) is 67.1 Å². The number of rotatable bonds is 2. The van der Waals surface area contributed by atoms with Crippen molar-refractivity contribution in [1.82, 2.24) is 0 Å². The van der Waals surface area contributed by atoms with Gasteiger partial charge in [-0.2, -0.15) is 0 Å². The predicted octanol–water partition coefficient (Wildman–Crippen LogP) is 14.6. The molecule has 0 N–H and O–H groups in total. The van der Waals surface area contributed by atoms with Crippen molar-refractivity contribution in [2.24, 2.45) is 0 Å². The van der Waals surface area contributed by atoms with Gasteiger partial charge in [0.05, 0.1) is 5.41 Å². The number of ether oxygens (including phenoxy) is 1. The van der Waals surface area contributed by atoms with Crippen molar-refractivity contribution in [2.75, 3.05) is 0 Å². The Morgan fingerprint density at radius 2 is 0.911 bits per heavy atom. The van der Waals surface area contributed by atoms with Gasteiger partial charge in [0.15, 0.2) is 0 Å². The maximum atomic E-state index is 6.37. The summed E-state index contributed by atoms with van der Waals surface area (Å²) in [5.41, 5.74) is 17.6. The van der Waals surface area contributed by atoms with Gasteiger partial charge in [0, 0.05) is 10.9 Å². The van der Waals surface area contributed by atoms with Crippen molar-refractivity contribution in [2.45, 2.75) is 5.41 Å². The average molecular weight is 709 g/mol. The summed E-state index contributed by atoms with van der Waals surface area (Å²) in [6.45, 7) is 0. The number of hydrogen-bond acceptors (Lipinski definition) is 1. The van der Waals surface area contributed by atoms with Crippen molar-refractivity contribution in [3.05, 3.63) is 216 Å². The minimum Gasteiger partial charge on any atom is -0.456 e. The third-order valence-electron chi connectivity index (χ3n) is 12.9. The maximum absolute atomic E-state index is 6.37. The Bertz CT molecular complexity index is 3350. The number of hydrogen-bond donors (Lipinski definition) is 0. The molecule has 10 aromatic carbocycles. The van der Waals surface area contributed by atoms with Crippen LogP contribution in [0.15, 0.2) is 194 Å². The molecular formula is C55H32O. The van der Waals surface area contributed by atoms with E-state index < -0.39 is 5.41 Å². The molecule has 1 unspecified atom stereocenters. The Hall–Kier alpha value is -7.22. The zero-order valence-corrected chi connectivity index (χ0v) is 30.4. The van der Waals surface area contributed by atoms with Gasteiger partial charge in [-0.05, 0) is 130 Å². The molecule has 1 atom stereocenters. The molecule has 0 fully saturated rings. The van der Waals surface area contributed by atoms with E-state index in [9.17, 15) is 0 Å². The smallest absolute Gasteiger partial charge is 0.135 e. The Balaban J connectivity index is 1.04. The van der Waals surface area contributed by atoms with E-state index >= 15 is 0 Å². The summed E-state index contributed by atoms with van der Waals surface area (Å²) in [5, 5.41) is 7.44. The summed E-state index contributed by atoms with van der Waals surface area (Å²) >= 11 is 0. The lowest BCUT2D eigenvalue weighted by Crippen LogP contribution is -2.25.